The van der Waals surface area contributed by atoms with Gasteiger partial charge in [0.15, 0.2) is 5.58 Å². The van der Waals surface area contributed by atoms with E-state index in [1.165, 1.54) is 36.7 Å². The van der Waals surface area contributed by atoms with Gasteiger partial charge in [0.1, 0.15) is 5.58 Å². The maximum Gasteiger partial charge on any atom is 0.160 e. The topological polar surface area (TPSA) is 16.4 Å². The molecule has 0 radical (unpaired) electrons. The molecule has 0 aliphatic heterocycles. The van der Waals surface area contributed by atoms with Crippen LogP contribution in [0.5, 0.6) is 0 Å². The monoisotopic (exact) mass is 567 g/mol. The quantitative estimate of drug-likeness (QED) is 0.210. The normalized spacial score (nSPS) is 11.7. The van der Waals surface area contributed by atoms with Crippen molar-refractivity contribution in [3.05, 3.63) is 152 Å². The summed E-state index contributed by atoms with van der Waals surface area (Å²) in [6.45, 7) is 0. The predicted octanol–water partition coefficient (Wildman–Crippen LogP) is 12.2. The van der Waals surface area contributed by atoms with Crippen molar-refractivity contribution in [3.8, 4) is 11.1 Å². The summed E-state index contributed by atoms with van der Waals surface area (Å²) in [5.41, 5.74) is 7.46. The Morgan fingerprint density at radius 1 is 0.488 bits per heavy atom. The summed E-state index contributed by atoms with van der Waals surface area (Å²) in [5, 5.41) is 7.11. The summed E-state index contributed by atoms with van der Waals surface area (Å²) in [4.78, 5) is 2.42. The van der Waals surface area contributed by atoms with Gasteiger partial charge >= 0.3 is 0 Å². The highest BCUT2D eigenvalue weighted by Gasteiger charge is 2.25. The van der Waals surface area contributed by atoms with Crippen molar-refractivity contribution in [1.29, 1.82) is 0 Å². The van der Waals surface area contributed by atoms with Gasteiger partial charge in [0.25, 0.3) is 0 Å². The summed E-state index contributed by atoms with van der Waals surface area (Å²) in [5.74, 6) is 0. The average Bonchev–Trinajstić information content (AvgIpc) is 3.64. The van der Waals surface area contributed by atoms with Gasteiger partial charge < -0.3 is 9.32 Å². The van der Waals surface area contributed by atoms with Gasteiger partial charge in [-0.05, 0) is 59.0 Å². The number of anilines is 3. The van der Waals surface area contributed by atoms with Crippen LogP contribution in [0, 0.1) is 0 Å². The van der Waals surface area contributed by atoms with Crippen molar-refractivity contribution in [1.82, 2.24) is 0 Å². The average molecular weight is 568 g/mol. The first-order chi connectivity index (χ1) is 21.3. The van der Waals surface area contributed by atoms with E-state index in [9.17, 15) is 0 Å². The molecule has 9 aromatic rings. The molecule has 0 saturated carbocycles. The van der Waals surface area contributed by atoms with Crippen molar-refractivity contribution in [2.45, 2.75) is 0 Å². The number of furan rings is 1. The molecule has 9 rings (SSSR count). The van der Waals surface area contributed by atoms with Crippen molar-refractivity contribution in [3.63, 3.8) is 0 Å². The van der Waals surface area contributed by atoms with E-state index in [2.05, 4.69) is 150 Å². The van der Waals surface area contributed by atoms with Gasteiger partial charge in [-0.15, -0.1) is 11.3 Å². The van der Waals surface area contributed by atoms with Crippen LogP contribution in [0.15, 0.2) is 156 Å². The van der Waals surface area contributed by atoms with Gasteiger partial charge in [-0.1, -0.05) is 109 Å². The van der Waals surface area contributed by atoms with Crippen LogP contribution in [0.1, 0.15) is 0 Å². The van der Waals surface area contributed by atoms with Gasteiger partial charge in [0.2, 0.25) is 0 Å². The van der Waals surface area contributed by atoms with Gasteiger partial charge in [-0.2, -0.15) is 0 Å². The van der Waals surface area contributed by atoms with Crippen LogP contribution < -0.4 is 4.90 Å². The van der Waals surface area contributed by atoms with Crippen LogP contribution in [0.2, 0.25) is 0 Å². The lowest BCUT2D eigenvalue weighted by atomic mass is 10.0. The van der Waals surface area contributed by atoms with Crippen LogP contribution in [-0.4, -0.2) is 0 Å². The first-order valence-corrected chi connectivity index (χ1v) is 15.3. The second kappa shape index (κ2) is 9.59. The number of benzene rings is 7. The molecule has 0 saturated heterocycles. The molecule has 43 heavy (non-hydrogen) atoms. The van der Waals surface area contributed by atoms with Gasteiger partial charge in [0, 0.05) is 42.0 Å². The van der Waals surface area contributed by atoms with Crippen molar-refractivity contribution in [2.75, 3.05) is 4.90 Å². The summed E-state index contributed by atoms with van der Waals surface area (Å²) in [6.07, 6.45) is 0. The third-order valence-electron chi connectivity index (χ3n) is 8.44. The van der Waals surface area contributed by atoms with Crippen LogP contribution >= 0.6 is 11.3 Å². The first-order valence-electron chi connectivity index (χ1n) is 14.5. The van der Waals surface area contributed by atoms with Gasteiger partial charge in [0.05, 0.1) is 11.4 Å². The van der Waals surface area contributed by atoms with E-state index in [1.807, 2.05) is 17.4 Å². The van der Waals surface area contributed by atoms with E-state index in [4.69, 9.17) is 4.42 Å². The highest BCUT2D eigenvalue weighted by molar-refractivity contribution is 7.26. The third kappa shape index (κ3) is 3.79. The number of hydrogen-bond donors (Lipinski definition) is 0. The Labute approximate surface area is 252 Å². The van der Waals surface area contributed by atoms with E-state index >= 15 is 0 Å². The van der Waals surface area contributed by atoms with Crippen LogP contribution in [0.4, 0.5) is 17.1 Å². The van der Waals surface area contributed by atoms with Crippen molar-refractivity contribution < 1.29 is 4.42 Å². The number of para-hydroxylation sites is 1. The molecule has 2 heterocycles. The summed E-state index contributed by atoms with van der Waals surface area (Å²) < 4.78 is 9.31. The van der Waals surface area contributed by atoms with Crippen LogP contribution in [0.25, 0.3) is 64.0 Å². The summed E-state index contributed by atoms with van der Waals surface area (Å²) in [7, 11) is 0. The zero-order valence-corrected chi connectivity index (χ0v) is 24.0. The molecule has 0 N–H and O–H groups in total. The number of nitrogens with zero attached hydrogens (tertiary/aromatic N) is 1. The molecule has 0 aliphatic carbocycles. The fourth-order valence-corrected chi connectivity index (χ4v) is 7.61. The minimum Gasteiger partial charge on any atom is -0.454 e. The Morgan fingerprint density at radius 3 is 2.02 bits per heavy atom. The molecule has 2 nitrogen and oxygen atoms in total. The Morgan fingerprint density at radius 2 is 1.16 bits per heavy atom. The fourth-order valence-electron chi connectivity index (χ4n) is 6.49. The van der Waals surface area contributed by atoms with E-state index < -0.39 is 0 Å². The van der Waals surface area contributed by atoms with Crippen molar-refractivity contribution in [2.24, 2.45) is 0 Å². The Kier molecular flexibility index (Phi) is 5.40. The standard InChI is InChI=1S/C40H25NOS/c1-2-11-26(12-3-1)27-21-23-29(24-22-27)41(34-17-10-20-37-38(34)32-16-7-9-19-36(32)43-37)39-30-14-5-4-13-28(30)25-33-31-15-6-8-18-35(31)42-40(33)39/h1-25H. The smallest absolute Gasteiger partial charge is 0.160 e. The Balaban J connectivity index is 1.41. The molecule has 3 heteroatoms. The van der Waals surface area contributed by atoms with E-state index in [-0.39, 0.29) is 0 Å². The number of fused-ring (bicyclic) bond motifs is 7. The molecule has 0 amide bonds. The van der Waals surface area contributed by atoms with E-state index in [0.717, 1.165) is 44.4 Å². The zero-order chi connectivity index (χ0) is 28.3. The maximum atomic E-state index is 6.75. The molecule has 0 fully saturated rings. The van der Waals surface area contributed by atoms with Gasteiger partial charge in [-0.3, -0.25) is 0 Å². The molecule has 0 atom stereocenters. The molecule has 0 spiro atoms. The lowest BCUT2D eigenvalue weighted by Gasteiger charge is -2.28. The summed E-state index contributed by atoms with van der Waals surface area (Å²) in [6, 6.07) is 54.2. The summed E-state index contributed by atoms with van der Waals surface area (Å²) >= 11 is 1.84. The Hall–Kier alpha value is -5.38. The van der Waals surface area contributed by atoms with Gasteiger partial charge in [-0.25, -0.2) is 0 Å². The third-order valence-corrected chi connectivity index (χ3v) is 9.58. The van der Waals surface area contributed by atoms with Crippen LogP contribution in [0.3, 0.4) is 0 Å². The highest BCUT2D eigenvalue weighted by Crippen LogP contribution is 2.50. The lowest BCUT2D eigenvalue weighted by Crippen LogP contribution is -2.11. The highest BCUT2D eigenvalue weighted by atomic mass is 32.1. The van der Waals surface area contributed by atoms with E-state index in [1.54, 1.807) is 0 Å². The van der Waals surface area contributed by atoms with Crippen molar-refractivity contribution >= 4 is 81.3 Å². The lowest BCUT2D eigenvalue weighted by molar-refractivity contribution is 0.669. The second-order valence-electron chi connectivity index (χ2n) is 10.9. The molecule has 202 valence electrons. The zero-order valence-electron chi connectivity index (χ0n) is 23.2. The second-order valence-corrected chi connectivity index (χ2v) is 12.0. The molecule has 0 bridgehead atoms. The largest absolute Gasteiger partial charge is 0.454 e. The maximum absolute atomic E-state index is 6.75. The number of rotatable bonds is 4. The fraction of sp³-hybridized carbons (Fsp3) is 0. The van der Waals surface area contributed by atoms with E-state index in [0.29, 0.717) is 0 Å². The minimum atomic E-state index is 0.892. The first kappa shape index (κ1) is 24.2. The minimum absolute atomic E-state index is 0.892. The predicted molar refractivity (Wildman–Crippen MR) is 184 cm³/mol. The molecular weight excluding hydrogens is 543 g/mol. The molecular formula is C40H25NOS. The molecule has 0 aliphatic rings. The molecule has 2 aromatic heterocycles. The molecule has 7 aromatic carbocycles. The molecule has 0 unspecified atom stereocenters. The SMILES string of the molecule is c1ccc(-c2ccc(N(c3c4ccccc4cc4c3oc3ccccc34)c3cccc4sc5ccccc5c34)cc2)cc1. The Bertz CT molecular complexity index is 2450. The van der Waals surface area contributed by atoms with Crippen LogP contribution in [-0.2, 0) is 0 Å². The number of hydrogen-bond acceptors (Lipinski definition) is 3. The number of thiophene rings is 1.